The molecule has 3 nitrogen and oxygen atoms in total. The molecule has 0 radical (unpaired) electrons. The van der Waals surface area contributed by atoms with E-state index in [0.29, 0.717) is 17.9 Å². The van der Waals surface area contributed by atoms with Gasteiger partial charge in [-0.15, -0.1) is 0 Å². The summed E-state index contributed by atoms with van der Waals surface area (Å²) in [4.78, 5) is 4.51. The maximum Gasteiger partial charge on any atom is 0.201 e. The van der Waals surface area contributed by atoms with E-state index in [1.165, 1.54) is 19.3 Å². The van der Waals surface area contributed by atoms with Gasteiger partial charge in [-0.2, -0.15) is 0 Å². The van der Waals surface area contributed by atoms with Crippen molar-refractivity contribution >= 4 is 32.9 Å². The lowest BCUT2D eigenvalue weighted by Crippen LogP contribution is -2.27. The van der Waals surface area contributed by atoms with Crippen molar-refractivity contribution in [2.75, 3.05) is 5.73 Å². The largest absolute Gasteiger partial charge is 0.369 e. The van der Waals surface area contributed by atoms with Crippen LogP contribution in [0, 0.1) is 11.8 Å². The maximum absolute atomic E-state index is 6.18. The molecule has 102 valence electrons. The number of hydrogen-bond acceptors (Lipinski definition) is 2. The summed E-state index contributed by atoms with van der Waals surface area (Å²) in [6.07, 6.45) is 3.81. The fourth-order valence-electron chi connectivity index (χ4n) is 3.35. The molecule has 0 bridgehead atoms. The summed E-state index contributed by atoms with van der Waals surface area (Å²) in [7, 11) is 0. The van der Waals surface area contributed by atoms with Crippen LogP contribution in [0.2, 0.25) is 0 Å². The Morgan fingerprint density at radius 1 is 1.32 bits per heavy atom. The quantitative estimate of drug-likeness (QED) is 0.847. The predicted molar refractivity (Wildman–Crippen MR) is 83.1 cm³/mol. The van der Waals surface area contributed by atoms with E-state index in [2.05, 4.69) is 45.4 Å². The summed E-state index contributed by atoms with van der Waals surface area (Å²) in [5.74, 6) is 2.05. The van der Waals surface area contributed by atoms with Gasteiger partial charge in [0.25, 0.3) is 0 Å². The lowest BCUT2D eigenvalue weighted by Gasteiger charge is -2.35. The Morgan fingerprint density at radius 2 is 2.11 bits per heavy atom. The van der Waals surface area contributed by atoms with Gasteiger partial charge in [-0.1, -0.05) is 42.6 Å². The fourth-order valence-corrected chi connectivity index (χ4v) is 3.70. The number of nitrogens with zero attached hydrogens (tertiary/aromatic N) is 2. The highest BCUT2D eigenvalue weighted by molar-refractivity contribution is 9.10. The van der Waals surface area contributed by atoms with E-state index in [0.717, 1.165) is 21.4 Å². The minimum Gasteiger partial charge on any atom is -0.369 e. The number of nitrogen functional groups attached to an aromatic ring is 1. The van der Waals surface area contributed by atoms with Gasteiger partial charge < -0.3 is 10.3 Å². The van der Waals surface area contributed by atoms with Crippen LogP contribution in [0.1, 0.15) is 39.2 Å². The molecule has 0 spiro atoms. The van der Waals surface area contributed by atoms with Gasteiger partial charge in [0.1, 0.15) is 0 Å². The zero-order chi connectivity index (χ0) is 13.6. The van der Waals surface area contributed by atoms with Gasteiger partial charge in [0.2, 0.25) is 5.95 Å². The van der Waals surface area contributed by atoms with Crippen molar-refractivity contribution < 1.29 is 0 Å². The molecule has 0 aliphatic heterocycles. The lowest BCUT2D eigenvalue weighted by molar-refractivity contribution is 0.191. The van der Waals surface area contributed by atoms with E-state index in [4.69, 9.17) is 5.73 Å². The second kappa shape index (κ2) is 4.82. The Labute approximate surface area is 122 Å². The molecule has 19 heavy (non-hydrogen) atoms. The normalized spacial score (nSPS) is 27.8. The summed E-state index contributed by atoms with van der Waals surface area (Å²) in [5, 5.41) is 0. The first-order valence-corrected chi connectivity index (χ1v) is 7.80. The van der Waals surface area contributed by atoms with E-state index < -0.39 is 0 Å². The number of anilines is 1. The van der Waals surface area contributed by atoms with E-state index >= 15 is 0 Å². The average Bonchev–Trinajstić information content (AvgIpc) is 2.69. The lowest BCUT2D eigenvalue weighted by atomic mass is 9.78. The van der Waals surface area contributed by atoms with Gasteiger partial charge in [0.05, 0.1) is 11.0 Å². The van der Waals surface area contributed by atoms with Crippen LogP contribution in [-0.2, 0) is 0 Å². The van der Waals surface area contributed by atoms with Gasteiger partial charge in [-0.3, -0.25) is 0 Å². The summed E-state index contributed by atoms with van der Waals surface area (Å²) >= 11 is 3.54. The second-order valence-electron chi connectivity index (χ2n) is 5.81. The molecule has 3 unspecified atom stereocenters. The summed E-state index contributed by atoms with van der Waals surface area (Å²) < 4.78 is 3.33. The van der Waals surface area contributed by atoms with E-state index in [1.807, 2.05) is 12.1 Å². The van der Waals surface area contributed by atoms with Gasteiger partial charge in [0, 0.05) is 10.5 Å². The maximum atomic E-state index is 6.18. The molecule has 2 N–H and O–H groups in total. The molecule has 1 aliphatic carbocycles. The van der Waals surface area contributed by atoms with Crippen molar-refractivity contribution in [2.24, 2.45) is 11.8 Å². The molecule has 1 aromatic carbocycles. The van der Waals surface area contributed by atoms with Crippen LogP contribution >= 0.6 is 15.9 Å². The monoisotopic (exact) mass is 321 g/mol. The minimum atomic E-state index is 0.475. The third-order valence-electron chi connectivity index (χ3n) is 4.67. The molecule has 1 fully saturated rings. The molecule has 1 heterocycles. The highest BCUT2D eigenvalue weighted by Crippen LogP contribution is 2.40. The highest BCUT2D eigenvalue weighted by Gasteiger charge is 2.30. The van der Waals surface area contributed by atoms with Crippen molar-refractivity contribution in [3.05, 3.63) is 22.7 Å². The number of rotatable bonds is 1. The Hall–Kier alpha value is -1.03. The molecule has 0 saturated heterocycles. The van der Waals surface area contributed by atoms with Crippen molar-refractivity contribution in [3.63, 3.8) is 0 Å². The van der Waals surface area contributed by atoms with Crippen molar-refractivity contribution in [2.45, 2.75) is 39.2 Å². The third kappa shape index (κ3) is 2.16. The number of fused-ring (bicyclic) bond motifs is 1. The van der Waals surface area contributed by atoms with Crippen LogP contribution in [0.5, 0.6) is 0 Å². The molecule has 1 aromatic heterocycles. The Bertz CT molecular complexity index is 605. The fraction of sp³-hybridized carbons (Fsp3) is 0.533. The predicted octanol–water partition coefficient (Wildman–Crippen LogP) is 4.38. The SMILES string of the molecule is CC1CCCC(n2c(N)nc3ccc(Br)cc32)C1C. The van der Waals surface area contributed by atoms with Crippen LogP contribution < -0.4 is 5.73 Å². The molecule has 2 aromatic rings. The summed E-state index contributed by atoms with van der Waals surface area (Å²) in [5.41, 5.74) is 8.32. The number of halogens is 1. The van der Waals surface area contributed by atoms with Crippen LogP contribution in [0.3, 0.4) is 0 Å². The molecule has 1 saturated carbocycles. The van der Waals surface area contributed by atoms with Crippen molar-refractivity contribution in [3.8, 4) is 0 Å². The van der Waals surface area contributed by atoms with Crippen molar-refractivity contribution in [1.29, 1.82) is 0 Å². The van der Waals surface area contributed by atoms with Crippen LogP contribution in [0.25, 0.3) is 11.0 Å². The minimum absolute atomic E-state index is 0.475. The Kier molecular flexibility index (Phi) is 3.29. The van der Waals surface area contributed by atoms with Crippen LogP contribution in [0.15, 0.2) is 22.7 Å². The Balaban J connectivity index is 2.13. The summed E-state index contributed by atoms with van der Waals surface area (Å²) in [6.45, 7) is 4.69. The van der Waals surface area contributed by atoms with Gasteiger partial charge >= 0.3 is 0 Å². The smallest absolute Gasteiger partial charge is 0.201 e. The number of nitrogens with two attached hydrogens (primary N) is 1. The molecule has 3 rings (SSSR count). The standard InChI is InChI=1S/C15H20BrN3/c1-9-4-3-5-13(10(9)2)19-14-8-11(16)6-7-12(14)18-15(19)17/h6-10,13H,3-5H2,1-2H3,(H2,17,18). The first kappa shape index (κ1) is 13.0. The first-order chi connectivity index (χ1) is 9.08. The molecular formula is C15H20BrN3. The molecule has 4 heteroatoms. The zero-order valence-electron chi connectivity index (χ0n) is 11.4. The number of hydrogen-bond donors (Lipinski definition) is 1. The van der Waals surface area contributed by atoms with Crippen LogP contribution in [-0.4, -0.2) is 9.55 Å². The van der Waals surface area contributed by atoms with Crippen molar-refractivity contribution in [1.82, 2.24) is 9.55 Å². The zero-order valence-corrected chi connectivity index (χ0v) is 13.0. The number of aromatic nitrogens is 2. The first-order valence-electron chi connectivity index (χ1n) is 7.01. The van der Waals surface area contributed by atoms with E-state index in [-0.39, 0.29) is 0 Å². The Morgan fingerprint density at radius 3 is 2.89 bits per heavy atom. The average molecular weight is 322 g/mol. The van der Waals surface area contributed by atoms with E-state index in [1.54, 1.807) is 0 Å². The number of benzene rings is 1. The molecule has 0 amide bonds. The van der Waals surface area contributed by atoms with Gasteiger partial charge in [0.15, 0.2) is 0 Å². The van der Waals surface area contributed by atoms with Gasteiger partial charge in [-0.25, -0.2) is 4.98 Å². The van der Waals surface area contributed by atoms with Gasteiger partial charge in [-0.05, 0) is 36.5 Å². The second-order valence-corrected chi connectivity index (χ2v) is 6.72. The summed E-state index contributed by atoms with van der Waals surface area (Å²) in [6, 6.07) is 6.66. The highest BCUT2D eigenvalue weighted by atomic mass is 79.9. The third-order valence-corrected chi connectivity index (χ3v) is 5.17. The van der Waals surface area contributed by atoms with E-state index in [9.17, 15) is 0 Å². The van der Waals surface area contributed by atoms with Crippen LogP contribution in [0.4, 0.5) is 5.95 Å². The molecular weight excluding hydrogens is 302 g/mol. The topological polar surface area (TPSA) is 43.8 Å². The molecule has 1 aliphatic rings. The molecule has 3 atom stereocenters. The number of imidazole rings is 1.